The minimum atomic E-state index is -4.57. The number of hydrogen-bond donors (Lipinski definition) is 2. The van der Waals surface area contributed by atoms with Crippen molar-refractivity contribution in [2.24, 2.45) is 0 Å². The summed E-state index contributed by atoms with van der Waals surface area (Å²) in [5.74, 6) is 0.0593. The van der Waals surface area contributed by atoms with Gasteiger partial charge in [-0.2, -0.15) is 18.4 Å². The van der Waals surface area contributed by atoms with Gasteiger partial charge in [0.2, 0.25) is 0 Å². The van der Waals surface area contributed by atoms with Crippen molar-refractivity contribution >= 4 is 5.78 Å². The molecule has 0 saturated carbocycles. The van der Waals surface area contributed by atoms with Gasteiger partial charge in [0.1, 0.15) is 11.2 Å². The van der Waals surface area contributed by atoms with Gasteiger partial charge in [0.15, 0.2) is 11.4 Å². The van der Waals surface area contributed by atoms with Crippen molar-refractivity contribution in [3.8, 4) is 6.07 Å². The topological polar surface area (TPSA) is 74.2 Å². The number of allylic oxidation sites excluding steroid dienone is 1. The molecule has 0 saturated heterocycles. The summed E-state index contributed by atoms with van der Waals surface area (Å²) >= 11 is 0. The number of hydrogen-bond acceptors (Lipinski definition) is 5. The molecule has 1 aromatic rings. The zero-order valence-electron chi connectivity index (χ0n) is 15.7. The molecule has 2 N–H and O–H groups in total. The minimum absolute atomic E-state index is 0.134. The normalized spacial score (nSPS) is 30.5. The molecule has 0 fully saturated rings. The van der Waals surface area contributed by atoms with E-state index in [1.165, 1.54) is 19.1 Å². The molecule has 3 atom stereocenters. The lowest BCUT2D eigenvalue weighted by atomic mass is 9.55. The van der Waals surface area contributed by atoms with E-state index in [1.54, 1.807) is 25.3 Å². The number of ether oxygens (including phenoxy) is 1. The molecular formula is C21H18F3N3O2. The van der Waals surface area contributed by atoms with Crippen molar-refractivity contribution in [3.63, 3.8) is 0 Å². The standard InChI is InChI=1S/C21H18F3N3O2/c1-12-18(13(2)28)16-9-20(29-16,17-6-7-26-11-27-17)19(12,10-25)14-4-3-5-15(8-14)21(22,23)24/h3-9,17,26-27H,11H2,1-2H3. The summed E-state index contributed by atoms with van der Waals surface area (Å²) in [6.07, 6.45) is 0.596. The molecule has 0 aromatic heterocycles. The highest BCUT2D eigenvalue weighted by molar-refractivity contribution is 6.00. The van der Waals surface area contributed by atoms with E-state index < -0.39 is 28.8 Å². The summed E-state index contributed by atoms with van der Waals surface area (Å²) in [4.78, 5) is 12.3. The van der Waals surface area contributed by atoms with Gasteiger partial charge < -0.3 is 10.1 Å². The lowest BCUT2D eigenvalue weighted by Gasteiger charge is -2.58. The van der Waals surface area contributed by atoms with E-state index in [2.05, 4.69) is 16.7 Å². The van der Waals surface area contributed by atoms with E-state index in [4.69, 9.17) is 4.74 Å². The zero-order valence-corrected chi connectivity index (χ0v) is 15.7. The zero-order chi connectivity index (χ0) is 21.0. The Hall–Kier alpha value is -3.05. The van der Waals surface area contributed by atoms with Gasteiger partial charge >= 0.3 is 6.18 Å². The number of fused-ring (bicyclic) bond motifs is 1. The lowest BCUT2D eigenvalue weighted by Crippen LogP contribution is -2.70. The molecule has 29 heavy (non-hydrogen) atoms. The van der Waals surface area contributed by atoms with Crippen LogP contribution in [0.4, 0.5) is 13.2 Å². The fraction of sp³-hybridized carbons (Fsp3) is 0.333. The Kier molecular flexibility index (Phi) is 4.14. The minimum Gasteiger partial charge on any atom is -0.478 e. The van der Waals surface area contributed by atoms with Crippen molar-refractivity contribution in [2.75, 3.05) is 6.67 Å². The number of nitrogens with one attached hydrogen (secondary N) is 2. The maximum absolute atomic E-state index is 13.4. The molecule has 3 aliphatic heterocycles. The average Bonchev–Trinajstić information content (AvgIpc) is 2.66. The molecule has 3 unspecified atom stereocenters. The quantitative estimate of drug-likeness (QED) is 0.814. The van der Waals surface area contributed by atoms with Crippen LogP contribution in [0.1, 0.15) is 25.0 Å². The van der Waals surface area contributed by atoms with Crippen molar-refractivity contribution in [2.45, 2.75) is 37.1 Å². The Morgan fingerprint density at radius 3 is 2.66 bits per heavy atom. The smallest absolute Gasteiger partial charge is 0.416 e. The maximum Gasteiger partial charge on any atom is 0.416 e. The van der Waals surface area contributed by atoms with E-state index >= 15 is 0 Å². The summed E-state index contributed by atoms with van der Waals surface area (Å²) in [7, 11) is 0. The molecule has 1 aliphatic carbocycles. The largest absolute Gasteiger partial charge is 0.478 e. The van der Waals surface area contributed by atoms with Crippen molar-refractivity contribution in [3.05, 3.63) is 70.6 Å². The average molecular weight is 401 g/mol. The molecule has 5 rings (SSSR count). The monoisotopic (exact) mass is 401 g/mol. The fourth-order valence-corrected chi connectivity index (χ4v) is 4.54. The molecule has 0 amide bonds. The summed E-state index contributed by atoms with van der Waals surface area (Å²) < 4.78 is 46.3. The van der Waals surface area contributed by atoms with Crippen LogP contribution in [0.2, 0.25) is 0 Å². The predicted octanol–water partition coefficient (Wildman–Crippen LogP) is 3.07. The van der Waals surface area contributed by atoms with Gasteiger partial charge in [0.05, 0.1) is 29.9 Å². The number of rotatable bonds is 3. The van der Waals surface area contributed by atoms with Crippen LogP contribution in [0.3, 0.4) is 0 Å². The molecule has 0 radical (unpaired) electrons. The highest BCUT2D eigenvalue weighted by Crippen LogP contribution is 2.59. The summed E-state index contributed by atoms with van der Waals surface area (Å²) in [5.41, 5.74) is -2.98. The highest BCUT2D eigenvalue weighted by atomic mass is 19.4. The molecule has 2 bridgehead atoms. The van der Waals surface area contributed by atoms with E-state index in [0.29, 0.717) is 18.0 Å². The van der Waals surface area contributed by atoms with Crippen molar-refractivity contribution in [1.29, 1.82) is 5.26 Å². The van der Waals surface area contributed by atoms with Crippen LogP contribution < -0.4 is 10.6 Å². The number of nitriles is 1. The van der Waals surface area contributed by atoms with Crippen LogP contribution in [0.25, 0.3) is 0 Å². The van der Waals surface area contributed by atoms with Crippen LogP contribution in [0.15, 0.2) is 59.5 Å². The SMILES string of the molecule is CC(=O)C1=C(C)C(C#N)(c2cccc(C(F)(F)F)c2)C2(C3C=CNCN3)C=C1O2. The van der Waals surface area contributed by atoms with Crippen LogP contribution in [0, 0.1) is 11.3 Å². The Bertz CT molecular complexity index is 1030. The molecule has 8 heteroatoms. The second-order valence-corrected chi connectivity index (χ2v) is 7.32. The Morgan fingerprint density at radius 2 is 2.10 bits per heavy atom. The van der Waals surface area contributed by atoms with Crippen LogP contribution in [0.5, 0.6) is 0 Å². The van der Waals surface area contributed by atoms with Crippen LogP contribution >= 0.6 is 0 Å². The molecule has 1 aromatic carbocycles. The van der Waals surface area contributed by atoms with Crippen LogP contribution in [-0.4, -0.2) is 24.1 Å². The third-order valence-electron chi connectivity index (χ3n) is 5.83. The lowest BCUT2D eigenvalue weighted by molar-refractivity contribution is -0.137. The molecular weight excluding hydrogens is 383 g/mol. The summed E-state index contributed by atoms with van der Waals surface area (Å²) in [6.45, 7) is 3.38. The summed E-state index contributed by atoms with van der Waals surface area (Å²) in [5, 5.41) is 16.6. The van der Waals surface area contributed by atoms with E-state index in [1.807, 2.05) is 0 Å². The number of nitrogens with zero attached hydrogens (tertiary/aromatic N) is 1. The first kappa shape index (κ1) is 19.3. The van der Waals surface area contributed by atoms with Gasteiger partial charge in [-0.25, -0.2) is 0 Å². The molecule has 150 valence electrons. The second kappa shape index (κ2) is 6.22. The Morgan fingerprint density at radius 1 is 1.38 bits per heavy atom. The van der Waals surface area contributed by atoms with E-state index in [9.17, 15) is 23.2 Å². The first-order valence-corrected chi connectivity index (χ1v) is 9.04. The third-order valence-corrected chi connectivity index (χ3v) is 5.83. The van der Waals surface area contributed by atoms with Crippen LogP contribution in [-0.2, 0) is 21.1 Å². The number of ketones is 1. The number of carbonyl (C=O) groups excluding carboxylic acids is 1. The Labute approximate surface area is 165 Å². The number of Topliss-reactive ketones (excluding diaryl/α,β-unsaturated/α-hetero) is 1. The van der Waals surface area contributed by atoms with E-state index in [0.717, 1.165) is 12.1 Å². The number of halogens is 3. The summed E-state index contributed by atoms with van der Waals surface area (Å²) in [6, 6.07) is 6.43. The first-order chi connectivity index (χ1) is 13.7. The van der Waals surface area contributed by atoms with Gasteiger partial charge in [-0.1, -0.05) is 12.1 Å². The van der Waals surface area contributed by atoms with E-state index in [-0.39, 0.29) is 16.9 Å². The molecule has 0 spiro atoms. The second-order valence-electron chi connectivity index (χ2n) is 7.32. The number of alkyl halides is 3. The fourth-order valence-electron chi connectivity index (χ4n) is 4.54. The number of benzene rings is 1. The van der Waals surface area contributed by atoms with Gasteiger partial charge in [-0.15, -0.1) is 0 Å². The van der Waals surface area contributed by atoms with Gasteiger partial charge in [-0.05, 0) is 49.4 Å². The van der Waals surface area contributed by atoms with Crippen molar-refractivity contribution in [1.82, 2.24) is 10.6 Å². The van der Waals surface area contributed by atoms with Crippen molar-refractivity contribution < 1.29 is 22.7 Å². The highest BCUT2D eigenvalue weighted by Gasteiger charge is 2.67. The van der Waals surface area contributed by atoms with Gasteiger partial charge in [-0.3, -0.25) is 10.1 Å². The molecule has 5 nitrogen and oxygen atoms in total. The molecule has 3 heterocycles. The third kappa shape index (κ3) is 2.47. The van der Waals surface area contributed by atoms with Gasteiger partial charge in [0.25, 0.3) is 0 Å². The maximum atomic E-state index is 13.4. The number of carbonyl (C=O) groups is 1. The first-order valence-electron chi connectivity index (χ1n) is 9.04. The van der Waals surface area contributed by atoms with Gasteiger partial charge in [0, 0.05) is 6.08 Å². The Balaban J connectivity index is 2.00. The predicted molar refractivity (Wildman–Crippen MR) is 98.1 cm³/mol. The molecule has 4 aliphatic rings.